The maximum atomic E-state index is 9.00. The van der Waals surface area contributed by atoms with E-state index in [0.717, 1.165) is 0 Å². The average molecular weight is 175 g/mol. The fourth-order valence-corrected chi connectivity index (χ4v) is 0. The van der Waals surface area contributed by atoms with Gasteiger partial charge in [-0.2, -0.15) is 0 Å². The van der Waals surface area contributed by atoms with E-state index in [2.05, 4.69) is 11.5 Å². The van der Waals surface area contributed by atoms with Gasteiger partial charge in [0.25, 0.3) is 0 Å². The Hall–Kier alpha value is -0.535. The van der Waals surface area contributed by atoms with Gasteiger partial charge in [0.05, 0.1) is 0 Å². The van der Waals surface area contributed by atoms with Crippen LogP contribution in [0.2, 0.25) is 0 Å². The van der Waals surface area contributed by atoms with Crippen LogP contribution in [0.1, 0.15) is 0 Å². The molecular weight excluding hydrogens is 164 g/mol. The highest BCUT2D eigenvalue weighted by Crippen LogP contribution is 1.40. The second kappa shape index (κ2) is 15.8. The van der Waals surface area contributed by atoms with Crippen molar-refractivity contribution in [2.45, 2.75) is 0 Å². The standard InChI is InChI=1S/CH4N2O.BH3O3.ClH.H3N/c2*2-1(3)4;;/h(H4,2,3,4);2-4H;1H;1H3. The normalized spacial score (nSPS) is 5.10. The molecule has 0 unspecified atom stereocenters. The summed E-state index contributed by atoms with van der Waals surface area (Å²) in [5.74, 6) is 0. The molecule has 0 aliphatic carbocycles. The topological polar surface area (TPSA) is 166 Å². The fourth-order valence-electron chi connectivity index (χ4n) is 0. The first-order valence-electron chi connectivity index (χ1n) is 1.56. The monoisotopic (exact) mass is 175 g/mol. The Morgan fingerprint density at radius 2 is 1.20 bits per heavy atom. The molecule has 0 aromatic heterocycles. The van der Waals surface area contributed by atoms with Crippen molar-refractivity contribution in [3.05, 3.63) is 0 Å². The first kappa shape index (κ1) is 22.7. The van der Waals surface area contributed by atoms with Crippen LogP contribution < -0.4 is 30.0 Å². The molecule has 10 heavy (non-hydrogen) atoms. The summed E-state index contributed by atoms with van der Waals surface area (Å²) in [4.78, 5) is 9.00. The van der Waals surface area contributed by atoms with Crippen LogP contribution >= 0.6 is 0 Å². The van der Waals surface area contributed by atoms with E-state index < -0.39 is 13.4 Å². The molecule has 0 radical (unpaired) electrons. The Morgan fingerprint density at radius 3 is 1.20 bits per heavy atom. The third-order valence-electron chi connectivity index (χ3n) is 0. The lowest BCUT2D eigenvalue weighted by molar-refractivity contribution is -0.0000118. The molecule has 0 aromatic rings. The molecular formula is CH11BClN3O4. The smallest absolute Gasteiger partial charge is 0.631 e. The van der Waals surface area contributed by atoms with E-state index in [1.807, 2.05) is 0 Å². The number of carbonyl (C=O) groups is 1. The molecule has 0 aliphatic rings. The lowest BCUT2D eigenvalue weighted by Gasteiger charge is -1.69. The number of amides is 2. The van der Waals surface area contributed by atoms with Crippen molar-refractivity contribution < 1.29 is 32.3 Å². The molecule has 0 saturated carbocycles. The molecule has 0 fully saturated rings. The van der Waals surface area contributed by atoms with Crippen LogP contribution in [0, 0.1) is 0 Å². The minimum absolute atomic E-state index is 0. The lowest BCUT2D eigenvalue weighted by atomic mass is 10.3. The molecule has 0 spiro atoms. The lowest BCUT2D eigenvalue weighted by Crippen LogP contribution is -3.00. The van der Waals surface area contributed by atoms with Crippen LogP contribution in [-0.2, 0) is 0 Å². The summed E-state index contributed by atoms with van der Waals surface area (Å²) in [5.41, 5.74) is 8.50. The Labute approximate surface area is 64.2 Å². The Kier molecular flexibility index (Phi) is 35.9. The van der Waals surface area contributed by atoms with E-state index in [0.29, 0.717) is 0 Å². The Bertz CT molecular complexity index is 64.8. The summed E-state index contributed by atoms with van der Waals surface area (Å²) in [5, 5.41) is 21.5. The molecule has 64 valence electrons. The van der Waals surface area contributed by atoms with Crippen LogP contribution in [0.25, 0.3) is 0 Å². The summed E-state index contributed by atoms with van der Waals surface area (Å²) in [6, 6.07) is -0.833. The van der Waals surface area contributed by atoms with Gasteiger partial charge in [0.2, 0.25) is 0 Å². The van der Waals surface area contributed by atoms with Gasteiger partial charge >= 0.3 is 13.4 Å². The SMILES string of the molecule is NC(N)=O.OB(O)O.[Cl-].[NH4+]. The number of primary amides is 2. The maximum absolute atomic E-state index is 9.00. The minimum Gasteiger partial charge on any atom is -1.00 e. The van der Waals surface area contributed by atoms with Crippen molar-refractivity contribution >= 4 is 13.4 Å². The molecule has 9 heteroatoms. The predicted octanol–water partition coefficient (Wildman–Crippen LogP) is -5.65. The third kappa shape index (κ3) is 1090. The zero-order valence-electron chi connectivity index (χ0n) is 5.36. The number of carbonyl (C=O) groups excluding carboxylic acids is 1. The molecule has 0 heterocycles. The zero-order chi connectivity index (χ0) is 7.15. The van der Waals surface area contributed by atoms with Crippen LogP contribution in [-0.4, -0.2) is 28.4 Å². The van der Waals surface area contributed by atoms with Crippen molar-refractivity contribution in [3.8, 4) is 0 Å². The molecule has 7 nitrogen and oxygen atoms in total. The fraction of sp³-hybridized carbons (Fsp3) is 0. The van der Waals surface area contributed by atoms with Gasteiger partial charge in [0.15, 0.2) is 0 Å². The summed E-state index contributed by atoms with van der Waals surface area (Å²) in [7, 11) is -2.17. The summed E-state index contributed by atoms with van der Waals surface area (Å²) in [6.07, 6.45) is 0. The highest BCUT2D eigenvalue weighted by molar-refractivity contribution is 6.30. The molecule has 0 aromatic carbocycles. The zero-order valence-corrected chi connectivity index (χ0v) is 6.12. The second-order valence-corrected chi connectivity index (χ2v) is 0.749. The van der Waals surface area contributed by atoms with Gasteiger partial charge < -0.3 is 45.1 Å². The number of urea groups is 1. The van der Waals surface area contributed by atoms with Crippen molar-refractivity contribution in [1.82, 2.24) is 6.15 Å². The molecule has 0 atom stereocenters. The predicted molar refractivity (Wildman–Crippen MR) is 32.2 cm³/mol. The van der Waals surface area contributed by atoms with E-state index in [9.17, 15) is 0 Å². The largest absolute Gasteiger partial charge is 1.00 e. The van der Waals surface area contributed by atoms with Gasteiger partial charge in [-0.3, -0.25) is 0 Å². The van der Waals surface area contributed by atoms with Crippen LogP contribution in [0.3, 0.4) is 0 Å². The van der Waals surface area contributed by atoms with Crippen LogP contribution in [0.15, 0.2) is 0 Å². The van der Waals surface area contributed by atoms with E-state index in [1.165, 1.54) is 0 Å². The first-order valence-corrected chi connectivity index (χ1v) is 1.56. The van der Waals surface area contributed by atoms with Crippen LogP contribution in [0.4, 0.5) is 4.79 Å². The van der Waals surface area contributed by atoms with Crippen molar-refractivity contribution in [2.75, 3.05) is 0 Å². The van der Waals surface area contributed by atoms with Crippen LogP contribution in [0.5, 0.6) is 0 Å². The molecule has 0 saturated heterocycles. The highest BCUT2D eigenvalue weighted by Gasteiger charge is 1.92. The second-order valence-electron chi connectivity index (χ2n) is 0.749. The van der Waals surface area contributed by atoms with Crippen molar-refractivity contribution in [1.29, 1.82) is 0 Å². The first-order chi connectivity index (χ1) is 3.46. The van der Waals surface area contributed by atoms with Gasteiger partial charge in [-0.05, 0) is 0 Å². The van der Waals surface area contributed by atoms with E-state index in [4.69, 9.17) is 19.9 Å². The summed E-state index contributed by atoms with van der Waals surface area (Å²) in [6.45, 7) is 0. The molecule has 0 aliphatic heterocycles. The van der Waals surface area contributed by atoms with E-state index in [1.54, 1.807) is 0 Å². The summed E-state index contributed by atoms with van der Waals surface area (Å²) < 4.78 is 0. The number of quaternary nitrogens is 1. The Morgan fingerprint density at radius 1 is 1.20 bits per heavy atom. The number of halogens is 1. The quantitative estimate of drug-likeness (QED) is 0.202. The van der Waals surface area contributed by atoms with E-state index >= 15 is 0 Å². The molecule has 0 rings (SSSR count). The maximum Gasteiger partial charge on any atom is 0.631 e. The number of hydrogen-bond acceptors (Lipinski definition) is 4. The van der Waals surface area contributed by atoms with Gasteiger partial charge in [0, 0.05) is 0 Å². The van der Waals surface area contributed by atoms with Gasteiger partial charge in [0.1, 0.15) is 0 Å². The molecule has 2 amide bonds. The minimum atomic E-state index is -2.17. The van der Waals surface area contributed by atoms with Crippen molar-refractivity contribution in [2.24, 2.45) is 11.5 Å². The molecule has 0 bridgehead atoms. The number of nitrogens with two attached hydrogens (primary N) is 2. The average Bonchev–Trinajstić information content (AvgIpc) is 1.25. The summed E-state index contributed by atoms with van der Waals surface area (Å²) >= 11 is 0. The number of rotatable bonds is 0. The van der Waals surface area contributed by atoms with Gasteiger partial charge in [-0.25, -0.2) is 4.79 Å². The van der Waals surface area contributed by atoms with Crippen molar-refractivity contribution in [3.63, 3.8) is 0 Å². The molecule has 11 N–H and O–H groups in total. The third-order valence-corrected chi connectivity index (χ3v) is 0. The highest BCUT2D eigenvalue weighted by atomic mass is 35.5. The number of hydrogen-bond donors (Lipinski definition) is 6. The van der Waals surface area contributed by atoms with Gasteiger partial charge in [-0.15, -0.1) is 0 Å². The van der Waals surface area contributed by atoms with E-state index in [-0.39, 0.29) is 18.6 Å². The Balaban J connectivity index is -0.0000000300. The van der Waals surface area contributed by atoms with Gasteiger partial charge in [-0.1, -0.05) is 0 Å².